The van der Waals surface area contributed by atoms with E-state index in [-0.39, 0.29) is 17.7 Å². The normalized spacial score (nSPS) is 13.1. The highest BCUT2D eigenvalue weighted by molar-refractivity contribution is 5.99. The van der Waals surface area contributed by atoms with E-state index < -0.39 is 0 Å². The quantitative estimate of drug-likeness (QED) is 0.357. The average molecular weight is 279 g/mol. The number of nitrogens with two attached hydrogens (primary N) is 1. The van der Waals surface area contributed by atoms with Gasteiger partial charge < -0.3 is 20.6 Å². The average Bonchev–Trinajstić information content (AvgIpc) is 2.45. The molecule has 1 amide bonds. The van der Waals surface area contributed by atoms with E-state index in [1.54, 1.807) is 43.3 Å². The lowest BCUT2D eigenvalue weighted by molar-refractivity contribution is -0.119. The Labute approximate surface area is 118 Å². The first kappa shape index (κ1) is 16.0. The fourth-order valence-corrected chi connectivity index (χ4v) is 1.85. The summed E-state index contributed by atoms with van der Waals surface area (Å²) in [7, 11) is 3.32. The third-order valence-corrected chi connectivity index (χ3v) is 2.99. The highest BCUT2D eigenvalue weighted by Crippen LogP contribution is 2.17. The number of rotatable bonds is 6. The van der Waals surface area contributed by atoms with Crippen LogP contribution in [0.25, 0.3) is 0 Å². The third-order valence-electron chi connectivity index (χ3n) is 2.99. The summed E-state index contributed by atoms with van der Waals surface area (Å²) in [6, 6.07) is 6.97. The van der Waals surface area contributed by atoms with Crippen LogP contribution in [0.2, 0.25) is 0 Å². The summed E-state index contributed by atoms with van der Waals surface area (Å²) >= 11 is 0. The predicted octanol–water partition coefficient (Wildman–Crippen LogP) is 1.42. The van der Waals surface area contributed by atoms with E-state index in [1.807, 2.05) is 6.92 Å². The van der Waals surface area contributed by atoms with E-state index in [1.165, 1.54) is 0 Å². The number of carbonyl (C=O) groups is 1. The minimum Gasteiger partial charge on any atom is -0.409 e. The summed E-state index contributed by atoms with van der Waals surface area (Å²) in [4.78, 5) is 13.7. The SMILES string of the molecule is COCC(C)CC(=O)N(C)c1cccc(/C(N)=N/O)c1. The Balaban J connectivity index is 2.81. The minimum absolute atomic E-state index is 0.00814. The topological polar surface area (TPSA) is 88.2 Å². The van der Waals surface area contributed by atoms with Gasteiger partial charge in [0.05, 0.1) is 0 Å². The molecule has 0 heterocycles. The van der Waals surface area contributed by atoms with Crippen molar-refractivity contribution in [3.8, 4) is 0 Å². The van der Waals surface area contributed by atoms with Gasteiger partial charge in [0.25, 0.3) is 0 Å². The van der Waals surface area contributed by atoms with Gasteiger partial charge in [-0.2, -0.15) is 0 Å². The molecule has 0 aliphatic rings. The van der Waals surface area contributed by atoms with Gasteiger partial charge in [-0.3, -0.25) is 4.79 Å². The Bertz CT molecular complexity index is 488. The van der Waals surface area contributed by atoms with Crippen LogP contribution in [-0.2, 0) is 9.53 Å². The molecule has 20 heavy (non-hydrogen) atoms. The Hall–Kier alpha value is -2.08. The largest absolute Gasteiger partial charge is 0.409 e. The maximum atomic E-state index is 12.1. The van der Waals surface area contributed by atoms with Crippen LogP contribution in [0.1, 0.15) is 18.9 Å². The zero-order valence-electron chi connectivity index (χ0n) is 12.0. The molecule has 1 aromatic carbocycles. The van der Waals surface area contributed by atoms with Gasteiger partial charge in [-0.25, -0.2) is 0 Å². The molecule has 1 aromatic rings. The van der Waals surface area contributed by atoms with Crippen LogP contribution in [0, 0.1) is 5.92 Å². The molecule has 0 aromatic heterocycles. The second kappa shape index (κ2) is 7.49. The Morgan fingerprint density at radius 1 is 1.55 bits per heavy atom. The van der Waals surface area contributed by atoms with Gasteiger partial charge >= 0.3 is 0 Å². The molecule has 0 radical (unpaired) electrons. The molecule has 1 rings (SSSR count). The lowest BCUT2D eigenvalue weighted by Gasteiger charge is -2.20. The maximum absolute atomic E-state index is 12.1. The molecule has 1 unspecified atom stereocenters. The molecule has 3 N–H and O–H groups in total. The number of amides is 1. The van der Waals surface area contributed by atoms with Gasteiger partial charge in [0.15, 0.2) is 5.84 Å². The van der Waals surface area contributed by atoms with Crippen molar-refractivity contribution >= 4 is 17.4 Å². The molecule has 1 atom stereocenters. The van der Waals surface area contributed by atoms with Crippen LogP contribution in [0.4, 0.5) is 5.69 Å². The second-order valence-corrected chi connectivity index (χ2v) is 4.75. The third kappa shape index (κ3) is 4.24. The minimum atomic E-state index is -0.00814. The molecular weight excluding hydrogens is 258 g/mol. The van der Waals surface area contributed by atoms with E-state index in [0.717, 1.165) is 0 Å². The second-order valence-electron chi connectivity index (χ2n) is 4.75. The van der Waals surface area contributed by atoms with Crippen molar-refractivity contribution < 1.29 is 14.7 Å². The van der Waals surface area contributed by atoms with Crippen molar-refractivity contribution in [2.45, 2.75) is 13.3 Å². The van der Waals surface area contributed by atoms with Crippen LogP contribution in [0.5, 0.6) is 0 Å². The maximum Gasteiger partial charge on any atom is 0.227 e. The molecule has 110 valence electrons. The van der Waals surface area contributed by atoms with Crippen LogP contribution >= 0.6 is 0 Å². The standard InChI is InChI=1S/C14H21N3O3/c1-10(9-20-3)7-13(18)17(2)12-6-4-5-11(8-12)14(15)16-19/h4-6,8,10,19H,7,9H2,1-3H3,(H2,15,16). The summed E-state index contributed by atoms with van der Waals surface area (Å²) in [6.07, 6.45) is 0.401. The number of benzene rings is 1. The zero-order chi connectivity index (χ0) is 15.1. The van der Waals surface area contributed by atoms with Gasteiger partial charge in [-0.1, -0.05) is 24.2 Å². The van der Waals surface area contributed by atoms with E-state index in [4.69, 9.17) is 15.7 Å². The van der Waals surface area contributed by atoms with Gasteiger partial charge in [0, 0.05) is 38.4 Å². The lowest BCUT2D eigenvalue weighted by atomic mass is 10.1. The molecule has 0 aliphatic carbocycles. The first-order chi connectivity index (χ1) is 9.49. The van der Waals surface area contributed by atoms with Crippen molar-refractivity contribution in [2.24, 2.45) is 16.8 Å². The fraction of sp³-hybridized carbons (Fsp3) is 0.429. The molecule has 0 fully saturated rings. The van der Waals surface area contributed by atoms with E-state index in [9.17, 15) is 4.79 Å². The highest BCUT2D eigenvalue weighted by Gasteiger charge is 2.15. The number of nitrogens with zero attached hydrogens (tertiary/aromatic N) is 2. The van der Waals surface area contributed by atoms with Crippen LogP contribution < -0.4 is 10.6 Å². The summed E-state index contributed by atoms with van der Waals surface area (Å²) in [5, 5.41) is 11.6. The first-order valence-corrected chi connectivity index (χ1v) is 6.33. The van der Waals surface area contributed by atoms with Crippen LogP contribution in [0.3, 0.4) is 0 Å². The summed E-state index contributed by atoms with van der Waals surface area (Å²) in [5.74, 6) is 0.161. The number of hydrogen-bond acceptors (Lipinski definition) is 4. The van der Waals surface area contributed by atoms with Gasteiger partial charge in [-0.15, -0.1) is 0 Å². The van der Waals surface area contributed by atoms with Crippen LogP contribution in [-0.4, -0.2) is 37.7 Å². The number of oxime groups is 1. The van der Waals surface area contributed by atoms with Crippen molar-refractivity contribution in [3.05, 3.63) is 29.8 Å². The molecule has 0 bridgehead atoms. The summed E-state index contributed by atoms with van der Waals surface area (Å²) in [6.45, 7) is 2.51. The molecule has 0 saturated carbocycles. The molecule has 0 aliphatic heterocycles. The molecule has 6 heteroatoms. The lowest BCUT2D eigenvalue weighted by Crippen LogP contribution is -2.28. The predicted molar refractivity (Wildman–Crippen MR) is 78.0 cm³/mol. The molecular formula is C14H21N3O3. The molecule has 6 nitrogen and oxygen atoms in total. The number of carbonyl (C=O) groups excluding carboxylic acids is 1. The number of amidine groups is 1. The molecule has 0 saturated heterocycles. The fourth-order valence-electron chi connectivity index (χ4n) is 1.85. The summed E-state index contributed by atoms with van der Waals surface area (Å²) in [5.41, 5.74) is 6.80. The number of ether oxygens (including phenoxy) is 1. The van der Waals surface area contributed by atoms with Gasteiger partial charge in [0.1, 0.15) is 0 Å². The summed E-state index contributed by atoms with van der Waals surface area (Å²) < 4.78 is 5.02. The molecule has 0 spiro atoms. The Kier molecular flexibility index (Phi) is 5.99. The van der Waals surface area contributed by atoms with E-state index in [0.29, 0.717) is 24.3 Å². The highest BCUT2D eigenvalue weighted by atomic mass is 16.5. The number of anilines is 1. The first-order valence-electron chi connectivity index (χ1n) is 6.33. The van der Waals surface area contributed by atoms with Crippen molar-refractivity contribution in [1.29, 1.82) is 0 Å². The number of hydrogen-bond donors (Lipinski definition) is 2. The zero-order valence-corrected chi connectivity index (χ0v) is 12.0. The van der Waals surface area contributed by atoms with Crippen LogP contribution in [0.15, 0.2) is 29.4 Å². The Morgan fingerprint density at radius 2 is 2.25 bits per heavy atom. The smallest absolute Gasteiger partial charge is 0.227 e. The number of methoxy groups -OCH3 is 1. The van der Waals surface area contributed by atoms with Crippen molar-refractivity contribution in [3.63, 3.8) is 0 Å². The van der Waals surface area contributed by atoms with Gasteiger partial charge in [-0.05, 0) is 18.1 Å². The van der Waals surface area contributed by atoms with Crippen molar-refractivity contribution in [2.75, 3.05) is 25.7 Å². The van der Waals surface area contributed by atoms with Gasteiger partial charge in [0.2, 0.25) is 5.91 Å². The van der Waals surface area contributed by atoms with E-state index in [2.05, 4.69) is 5.16 Å². The van der Waals surface area contributed by atoms with Crippen molar-refractivity contribution in [1.82, 2.24) is 0 Å². The van der Waals surface area contributed by atoms with E-state index >= 15 is 0 Å². The monoisotopic (exact) mass is 279 g/mol. The Morgan fingerprint density at radius 3 is 2.85 bits per heavy atom.